The van der Waals surface area contributed by atoms with E-state index in [2.05, 4.69) is 17.2 Å². The topological polar surface area (TPSA) is 90.1 Å². The summed E-state index contributed by atoms with van der Waals surface area (Å²) in [7, 11) is 0. The van der Waals surface area contributed by atoms with Gasteiger partial charge in [0.25, 0.3) is 5.91 Å². The normalized spacial score (nSPS) is 22.5. The van der Waals surface area contributed by atoms with E-state index >= 15 is 0 Å². The molecule has 2 atom stereocenters. The highest BCUT2D eigenvalue weighted by Gasteiger charge is 2.25. The Kier molecular flexibility index (Phi) is 4.36. The van der Waals surface area contributed by atoms with Gasteiger partial charge in [0.15, 0.2) is 12.4 Å². The Morgan fingerprint density at radius 1 is 1.55 bits per heavy atom. The average Bonchev–Trinajstić information content (AvgIpc) is 2.74. The van der Waals surface area contributed by atoms with Crippen molar-refractivity contribution >= 4 is 11.7 Å². The second kappa shape index (κ2) is 6.02. The van der Waals surface area contributed by atoms with Gasteiger partial charge in [-0.15, -0.1) is 0 Å². The fraction of sp³-hybridized carbons (Fsp3) is 0.692. The zero-order valence-corrected chi connectivity index (χ0v) is 11.8. The van der Waals surface area contributed by atoms with Crippen molar-refractivity contribution in [1.29, 1.82) is 0 Å². The minimum atomic E-state index is -0.517. The maximum absolute atomic E-state index is 12.1. The number of nitrogens with one attached hydrogen (secondary N) is 1. The third kappa shape index (κ3) is 3.15. The van der Waals surface area contributed by atoms with Gasteiger partial charge in [-0.3, -0.25) is 4.79 Å². The lowest BCUT2D eigenvalue weighted by Gasteiger charge is -2.29. The maximum atomic E-state index is 12.1. The third-order valence-corrected chi connectivity index (χ3v) is 3.98. The van der Waals surface area contributed by atoms with E-state index in [1.165, 1.54) is 17.2 Å². The predicted octanol–water partition coefficient (Wildman–Crippen LogP) is 1.79. The van der Waals surface area contributed by atoms with Crippen LogP contribution in [0, 0.1) is 23.0 Å². The Bertz CT molecular complexity index is 512. The number of amides is 1. The van der Waals surface area contributed by atoms with E-state index in [0.29, 0.717) is 11.7 Å². The van der Waals surface area contributed by atoms with E-state index in [1.54, 1.807) is 6.92 Å². The van der Waals surface area contributed by atoms with E-state index in [1.807, 2.05) is 0 Å². The quantitative estimate of drug-likeness (QED) is 0.672. The average molecular weight is 280 g/mol. The molecule has 1 saturated carbocycles. The second-order valence-corrected chi connectivity index (χ2v) is 5.44. The molecule has 1 heterocycles. The summed E-state index contributed by atoms with van der Waals surface area (Å²) in [6.07, 6.45) is 5.62. The molecule has 1 aliphatic carbocycles. The van der Waals surface area contributed by atoms with E-state index in [0.717, 1.165) is 19.3 Å². The third-order valence-electron chi connectivity index (χ3n) is 3.98. The van der Waals surface area contributed by atoms with Crippen LogP contribution in [0.25, 0.3) is 0 Å². The second-order valence-electron chi connectivity index (χ2n) is 5.44. The van der Waals surface area contributed by atoms with Crippen LogP contribution in [0.1, 0.15) is 38.4 Å². The highest BCUT2D eigenvalue weighted by Crippen LogP contribution is 2.23. The monoisotopic (exact) mass is 280 g/mol. The molecule has 0 aromatic carbocycles. The molecule has 1 aromatic heterocycles. The Morgan fingerprint density at radius 3 is 2.90 bits per heavy atom. The molecule has 1 amide bonds. The van der Waals surface area contributed by atoms with Gasteiger partial charge in [0.05, 0.1) is 0 Å². The van der Waals surface area contributed by atoms with Gasteiger partial charge in [0, 0.05) is 13.0 Å². The summed E-state index contributed by atoms with van der Waals surface area (Å²) in [5.74, 6) is 0.609. The van der Waals surface area contributed by atoms with Crippen LogP contribution < -0.4 is 5.32 Å². The first kappa shape index (κ1) is 14.5. The van der Waals surface area contributed by atoms with Crippen molar-refractivity contribution in [3.8, 4) is 0 Å². The number of hydrogen-bond acceptors (Lipinski definition) is 4. The van der Waals surface area contributed by atoms with Crippen LogP contribution >= 0.6 is 0 Å². The number of nitro groups is 1. The highest BCUT2D eigenvalue weighted by atomic mass is 16.6. The Labute approximate surface area is 117 Å². The minimum Gasteiger partial charge on any atom is -0.358 e. The summed E-state index contributed by atoms with van der Waals surface area (Å²) in [4.78, 5) is 26.3. The van der Waals surface area contributed by atoms with Crippen LogP contribution in [0.15, 0.2) is 6.20 Å². The lowest BCUT2D eigenvalue weighted by molar-refractivity contribution is -0.392. The molecule has 1 N–H and O–H groups in total. The largest absolute Gasteiger partial charge is 0.358 e. The van der Waals surface area contributed by atoms with Crippen molar-refractivity contribution in [2.24, 2.45) is 5.92 Å². The standard InChI is InChI=1S/C13H20N4O3/c1-9-5-3-4-6-11(9)15-12(18)8-16-10(2)14-7-13(16)17(19)20/h7,9,11H,3-6,8H2,1-2H3,(H,15,18)/t9-,11-/m1/s1. The molecule has 110 valence electrons. The van der Waals surface area contributed by atoms with Crippen molar-refractivity contribution < 1.29 is 9.72 Å². The summed E-state index contributed by atoms with van der Waals surface area (Å²) in [5.41, 5.74) is 0. The van der Waals surface area contributed by atoms with Gasteiger partial charge in [-0.2, -0.15) is 0 Å². The maximum Gasteiger partial charge on any atom is 0.343 e. The SMILES string of the molecule is Cc1ncc([N+](=O)[O-])n1CC(=O)N[C@@H]1CCCC[C@H]1C. The van der Waals surface area contributed by atoms with Crippen molar-refractivity contribution in [3.63, 3.8) is 0 Å². The number of carbonyl (C=O) groups excluding carboxylic acids is 1. The fourth-order valence-corrected chi connectivity index (χ4v) is 2.72. The molecular weight excluding hydrogens is 260 g/mol. The molecule has 0 saturated heterocycles. The molecule has 7 nitrogen and oxygen atoms in total. The molecule has 2 rings (SSSR count). The summed E-state index contributed by atoms with van der Waals surface area (Å²) >= 11 is 0. The summed E-state index contributed by atoms with van der Waals surface area (Å²) in [6.45, 7) is 3.74. The predicted molar refractivity (Wildman–Crippen MR) is 73.2 cm³/mol. The van der Waals surface area contributed by atoms with Gasteiger partial charge in [-0.05, 0) is 23.7 Å². The molecule has 0 aliphatic heterocycles. The zero-order valence-electron chi connectivity index (χ0n) is 11.8. The summed E-state index contributed by atoms with van der Waals surface area (Å²) in [6, 6.07) is 0.180. The van der Waals surface area contributed by atoms with Crippen molar-refractivity contribution in [2.75, 3.05) is 0 Å². The lowest BCUT2D eigenvalue weighted by Crippen LogP contribution is -2.42. The van der Waals surface area contributed by atoms with Crippen LogP contribution in [-0.2, 0) is 11.3 Å². The van der Waals surface area contributed by atoms with Gasteiger partial charge < -0.3 is 15.4 Å². The Balaban J connectivity index is 2.01. The Morgan fingerprint density at radius 2 is 2.25 bits per heavy atom. The first-order chi connectivity index (χ1) is 9.49. The van der Waals surface area contributed by atoms with Crippen molar-refractivity contribution in [3.05, 3.63) is 22.1 Å². The van der Waals surface area contributed by atoms with E-state index in [-0.39, 0.29) is 24.3 Å². The number of carbonyl (C=O) groups is 1. The summed E-state index contributed by atoms with van der Waals surface area (Å²) in [5, 5.41) is 13.9. The Hall–Kier alpha value is -1.92. The van der Waals surface area contributed by atoms with Gasteiger partial charge in [0.1, 0.15) is 6.20 Å². The van der Waals surface area contributed by atoms with E-state index in [9.17, 15) is 14.9 Å². The number of aromatic nitrogens is 2. The minimum absolute atomic E-state index is 0.0502. The number of rotatable bonds is 4. The zero-order chi connectivity index (χ0) is 14.7. The van der Waals surface area contributed by atoms with Crippen molar-refractivity contribution in [2.45, 2.75) is 52.1 Å². The van der Waals surface area contributed by atoms with Crippen LogP contribution in [0.2, 0.25) is 0 Å². The molecule has 1 fully saturated rings. The number of aryl methyl sites for hydroxylation is 1. The van der Waals surface area contributed by atoms with E-state index in [4.69, 9.17) is 0 Å². The molecule has 0 spiro atoms. The molecule has 0 bridgehead atoms. The van der Waals surface area contributed by atoms with Crippen LogP contribution in [0.3, 0.4) is 0 Å². The molecule has 1 aliphatic rings. The van der Waals surface area contributed by atoms with Gasteiger partial charge >= 0.3 is 5.82 Å². The number of nitrogens with zero attached hydrogens (tertiary/aromatic N) is 3. The van der Waals surface area contributed by atoms with Crippen LogP contribution in [0.4, 0.5) is 5.82 Å². The van der Waals surface area contributed by atoms with Gasteiger partial charge in [-0.1, -0.05) is 19.8 Å². The number of imidazole rings is 1. The first-order valence-electron chi connectivity index (χ1n) is 6.95. The molecular formula is C13H20N4O3. The van der Waals surface area contributed by atoms with Crippen molar-refractivity contribution in [1.82, 2.24) is 14.9 Å². The van der Waals surface area contributed by atoms with Crippen LogP contribution in [-0.4, -0.2) is 26.4 Å². The van der Waals surface area contributed by atoms with E-state index < -0.39 is 4.92 Å². The molecule has 0 unspecified atom stereocenters. The lowest BCUT2D eigenvalue weighted by atomic mass is 9.86. The molecule has 0 radical (unpaired) electrons. The van der Waals surface area contributed by atoms with Crippen LogP contribution in [0.5, 0.6) is 0 Å². The van der Waals surface area contributed by atoms with Gasteiger partial charge in [0.2, 0.25) is 0 Å². The molecule has 7 heteroatoms. The fourth-order valence-electron chi connectivity index (χ4n) is 2.72. The molecule has 20 heavy (non-hydrogen) atoms. The summed E-state index contributed by atoms with van der Waals surface area (Å²) < 4.78 is 1.34. The molecule has 1 aromatic rings. The highest BCUT2D eigenvalue weighted by molar-refractivity contribution is 5.76. The first-order valence-corrected chi connectivity index (χ1v) is 6.95. The smallest absolute Gasteiger partial charge is 0.343 e. The number of hydrogen-bond donors (Lipinski definition) is 1. The van der Waals surface area contributed by atoms with Gasteiger partial charge in [-0.25, -0.2) is 9.55 Å².